The van der Waals surface area contributed by atoms with E-state index in [-0.39, 0.29) is 46.2 Å². The van der Waals surface area contributed by atoms with Crippen molar-refractivity contribution in [2.75, 3.05) is 63.9 Å². The van der Waals surface area contributed by atoms with Gasteiger partial charge in [-0.25, -0.2) is 13.6 Å². The van der Waals surface area contributed by atoms with Crippen molar-refractivity contribution >= 4 is 50.3 Å². The first-order valence-electron chi connectivity index (χ1n) is 24.9. The van der Waals surface area contributed by atoms with Gasteiger partial charge in [0.2, 0.25) is 11.8 Å². The number of benzene rings is 3. The summed E-state index contributed by atoms with van der Waals surface area (Å²) in [7, 11) is 1.78. The Hall–Kier alpha value is -6.28. The van der Waals surface area contributed by atoms with E-state index in [1.54, 1.807) is 53.6 Å². The minimum absolute atomic E-state index is 0.00331. The lowest BCUT2D eigenvalue weighted by Gasteiger charge is -2.38. The van der Waals surface area contributed by atoms with Crippen LogP contribution < -0.4 is 20.6 Å². The zero-order chi connectivity index (χ0) is 48.5. The van der Waals surface area contributed by atoms with Crippen LogP contribution >= 0.6 is 0 Å². The maximum Gasteiger partial charge on any atom is 0.329 e. The highest BCUT2D eigenvalue weighted by atomic mass is 19.1. The van der Waals surface area contributed by atoms with Gasteiger partial charge >= 0.3 is 11.7 Å². The Labute approximate surface area is 405 Å². The first-order valence-corrected chi connectivity index (χ1v) is 24.9. The summed E-state index contributed by atoms with van der Waals surface area (Å²) < 4.78 is 41.8. The number of aryl methyl sites for hydroxylation is 1. The lowest BCUT2D eigenvalue weighted by Crippen LogP contribution is -2.46. The molecule has 364 valence electrons. The smallest absolute Gasteiger partial charge is 0.329 e. The lowest BCUT2D eigenvalue weighted by molar-refractivity contribution is -0.135. The highest BCUT2D eigenvalue weighted by molar-refractivity contribution is 6.02. The molecule has 5 fully saturated rings. The van der Waals surface area contributed by atoms with Crippen LogP contribution in [-0.2, 0) is 16.6 Å². The number of halogens is 2. The fraction of sp³-hybridized carbons (Fsp3) is 0.481. The molecule has 6 aromatic rings. The van der Waals surface area contributed by atoms with Crippen LogP contribution in [0.5, 0.6) is 6.01 Å². The normalized spacial score (nSPS) is 22.7. The number of carbonyl (C=O) groups excluding carboxylic acids is 2. The van der Waals surface area contributed by atoms with Gasteiger partial charge in [-0.2, -0.15) is 9.97 Å². The Morgan fingerprint density at radius 1 is 0.929 bits per heavy atom. The lowest BCUT2D eigenvalue weighted by atomic mass is 9.87. The molecule has 14 nitrogen and oxygen atoms in total. The molecular weight excluding hydrogens is 893 g/mol. The number of nitrogens with zero attached hydrogens (tertiary/aromatic N) is 8. The highest BCUT2D eigenvalue weighted by Crippen LogP contribution is 2.47. The molecule has 0 spiro atoms. The van der Waals surface area contributed by atoms with Crippen LogP contribution in [0, 0.1) is 35.3 Å². The van der Waals surface area contributed by atoms with Crippen molar-refractivity contribution in [2.24, 2.45) is 18.4 Å². The minimum atomic E-state index is -0.958. The maximum atomic E-state index is 17.1. The number of pyridine rings is 1. The molecular formula is C54H59F2N9O5. The summed E-state index contributed by atoms with van der Waals surface area (Å²) in [6.45, 7) is 9.05. The van der Waals surface area contributed by atoms with Crippen LogP contribution in [-0.4, -0.2) is 115 Å². The second-order valence-corrected chi connectivity index (χ2v) is 21.0. The van der Waals surface area contributed by atoms with Crippen LogP contribution in [0.3, 0.4) is 0 Å². The Bertz CT molecular complexity index is 3160. The molecule has 70 heavy (non-hydrogen) atoms. The Morgan fingerprint density at radius 3 is 2.44 bits per heavy atom. The fourth-order valence-corrected chi connectivity index (χ4v) is 12.0. The molecule has 4 saturated heterocycles. The van der Waals surface area contributed by atoms with Crippen LogP contribution in [0.1, 0.15) is 94.2 Å². The molecule has 4 aliphatic heterocycles. The van der Waals surface area contributed by atoms with E-state index in [1.165, 1.54) is 6.07 Å². The van der Waals surface area contributed by atoms with Crippen molar-refractivity contribution in [2.45, 2.75) is 88.7 Å². The van der Waals surface area contributed by atoms with Crippen molar-refractivity contribution in [1.82, 2.24) is 39.2 Å². The standard InChI is InChI=1S/C54H59F2N9O5/c1-4-36-40(55)13-12-35-8-5-10-38(44(35)36)46-45(56)47-39(28-57-46)49(64-23-7-20-53(2,69)30-64)60-51(59-47)70-32-54(21-22-54)31-63-24-16-33(17-25-63)29-62-26-18-34(19-27-62)37-9-6-11-41-48(37)61(3)52(68)65(41)42-14-15-43(66)58-50(42)67/h1,5-6,8-13,28,33-34,42,69H,7,14-27,29-32H2,2-3H3,(H,58,66,67)/t42?,53-/m1/s1. The number of para-hydroxylation sites is 1. The summed E-state index contributed by atoms with van der Waals surface area (Å²) in [6.07, 6.45) is 15.5. The molecule has 3 aromatic heterocycles. The van der Waals surface area contributed by atoms with Crippen LogP contribution in [0.25, 0.3) is 44.0 Å². The number of anilines is 1. The maximum absolute atomic E-state index is 17.1. The number of fused-ring (bicyclic) bond motifs is 3. The van der Waals surface area contributed by atoms with Crippen molar-refractivity contribution in [1.29, 1.82) is 0 Å². The Kier molecular flexibility index (Phi) is 12.0. The number of hydrogen-bond acceptors (Lipinski definition) is 11. The Balaban J connectivity index is 0.741. The molecule has 3 aromatic carbocycles. The summed E-state index contributed by atoms with van der Waals surface area (Å²) in [5.74, 6) is 1.83. The van der Waals surface area contributed by atoms with Gasteiger partial charge < -0.3 is 24.5 Å². The molecule has 16 heteroatoms. The van der Waals surface area contributed by atoms with Crippen molar-refractivity contribution in [3.63, 3.8) is 0 Å². The van der Waals surface area contributed by atoms with Gasteiger partial charge in [-0.15, -0.1) is 6.42 Å². The first-order chi connectivity index (χ1) is 33.8. The topological polar surface area (TPSA) is 151 Å². The fourth-order valence-electron chi connectivity index (χ4n) is 12.0. The number of piperidine rings is 4. The number of terminal acetylenes is 1. The number of likely N-dealkylation sites (tertiary alicyclic amines) is 2. The summed E-state index contributed by atoms with van der Waals surface area (Å²) in [5, 5.41) is 15.0. The molecule has 2 amide bonds. The number of aromatic nitrogens is 5. The van der Waals surface area contributed by atoms with Gasteiger partial charge in [0, 0.05) is 62.2 Å². The van der Waals surface area contributed by atoms with Gasteiger partial charge in [0.1, 0.15) is 28.9 Å². The van der Waals surface area contributed by atoms with Gasteiger partial charge in [0.25, 0.3) is 0 Å². The van der Waals surface area contributed by atoms with Crippen LogP contribution in [0.4, 0.5) is 14.6 Å². The number of carbonyl (C=O) groups is 2. The predicted octanol–water partition coefficient (Wildman–Crippen LogP) is 6.84. The predicted molar refractivity (Wildman–Crippen MR) is 264 cm³/mol. The van der Waals surface area contributed by atoms with E-state index in [1.807, 2.05) is 17.0 Å². The summed E-state index contributed by atoms with van der Waals surface area (Å²) >= 11 is 0. The number of nitrogens with one attached hydrogen (secondary N) is 1. The first kappa shape index (κ1) is 46.1. The highest BCUT2D eigenvalue weighted by Gasteiger charge is 2.46. The van der Waals surface area contributed by atoms with Crippen molar-refractivity contribution in [3.05, 3.63) is 88.0 Å². The molecule has 11 rings (SSSR count). The van der Waals surface area contributed by atoms with Crippen molar-refractivity contribution in [3.8, 4) is 29.6 Å². The zero-order valence-corrected chi connectivity index (χ0v) is 39.9. The number of amides is 2. The van der Waals surface area contributed by atoms with Crippen molar-refractivity contribution < 1.29 is 28.2 Å². The van der Waals surface area contributed by atoms with Gasteiger partial charge in [0.15, 0.2) is 5.82 Å². The van der Waals surface area contributed by atoms with E-state index in [0.29, 0.717) is 71.9 Å². The third-order valence-electron chi connectivity index (χ3n) is 15.9. The largest absolute Gasteiger partial charge is 0.463 e. The van der Waals surface area contributed by atoms with Gasteiger partial charge in [0.05, 0.1) is 34.2 Å². The summed E-state index contributed by atoms with van der Waals surface area (Å²) in [5.41, 5.74) is 1.95. The average molecular weight is 952 g/mol. The van der Waals surface area contributed by atoms with Crippen LogP contribution in [0.2, 0.25) is 0 Å². The molecule has 1 unspecified atom stereocenters. The van der Waals surface area contributed by atoms with E-state index < -0.39 is 29.2 Å². The molecule has 1 saturated carbocycles. The molecule has 1 aliphatic carbocycles. The number of imide groups is 1. The van der Waals surface area contributed by atoms with Gasteiger partial charge in [-0.05, 0) is 126 Å². The second kappa shape index (κ2) is 18.2. The molecule has 2 N–H and O–H groups in total. The molecule has 5 aliphatic rings. The van der Waals surface area contributed by atoms with E-state index in [0.717, 1.165) is 101 Å². The number of β-amino-alcohol motifs (C(OH)–C–C–N with tert-alkyl or cyclic N) is 1. The number of ether oxygens (including phenoxy) is 1. The van der Waals surface area contributed by atoms with Crippen LogP contribution in [0.15, 0.2) is 59.5 Å². The molecule has 0 radical (unpaired) electrons. The third-order valence-corrected chi connectivity index (χ3v) is 15.9. The number of imidazole rings is 1. The number of aliphatic hydroxyl groups is 1. The van der Waals surface area contributed by atoms with E-state index >= 15 is 4.39 Å². The molecule has 7 heterocycles. The third kappa shape index (κ3) is 8.59. The van der Waals surface area contributed by atoms with E-state index in [9.17, 15) is 23.9 Å². The number of rotatable bonds is 11. The Morgan fingerprint density at radius 2 is 1.70 bits per heavy atom. The van der Waals surface area contributed by atoms with E-state index in [4.69, 9.17) is 21.1 Å². The molecule has 2 atom stereocenters. The monoisotopic (exact) mass is 951 g/mol. The summed E-state index contributed by atoms with van der Waals surface area (Å²) in [6, 6.07) is 13.6. The van der Waals surface area contributed by atoms with Gasteiger partial charge in [-0.1, -0.05) is 42.3 Å². The molecule has 0 bridgehead atoms. The van der Waals surface area contributed by atoms with E-state index in [2.05, 4.69) is 32.1 Å². The quantitative estimate of drug-likeness (QED) is 0.104. The number of hydrogen-bond donors (Lipinski definition) is 2. The second-order valence-electron chi connectivity index (χ2n) is 21.0. The SMILES string of the molecule is C#Cc1c(F)ccc2cccc(-c3ncc4c(N5CCC[C@@](C)(O)C5)nc(OCC5(CN6CCC(CN7CCC(c8cccc9c8n(C)c(=O)n9C8CCC(=O)NC8=O)CC7)CC6)CC5)nc4c3F)c12. The average Bonchev–Trinajstić information content (AvgIpc) is 4.07. The minimum Gasteiger partial charge on any atom is -0.463 e. The summed E-state index contributed by atoms with van der Waals surface area (Å²) in [4.78, 5) is 59.5. The zero-order valence-electron chi connectivity index (χ0n) is 39.9. The van der Waals surface area contributed by atoms with Gasteiger partial charge in [-0.3, -0.25) is 29.0 Å².